The molecule has 1 atom stereocenters. The van der Waals surface area contributed by atoms with Gasteiger partial charge in [0.05, 0.1) is 11.0 Å². The maximum Gasteiger partial charge on any atom is 0.267 e. The lowest BCUT2D eigenvalue weighted by atomic mass is 9.94. The predicted molar refractivity (Wildman–Crippen MR) is 142 cm³/mol. The van der Waals surface area contributed by atoms with Gasteiger partial charge < -0.3 is 20.1 Å². The normalized spacial score (nSPS) is 21.8. The van der Waals surface area contributed by atoms with Gasteiger partial charge in [0.1, 0.15) is 10.8 Å². The molecule has 0 bridgehead atoms. The van der Waals surface area contributed by atoms with Crippen LogP contribution in [-0.2, 0) is 10.2 Å². The number of benzene rings is 1. The molecule has 36 heavy (non-hydrogen) atoms. The summed E-state index contributed by atoms with van der Waals surface area (Å²) in [5.74, 6) is -0.0179. The monoisotopic (exact) mass is 505 g/mol. The number of pyridine rings is 1. The molecule has 2 aromatic heterocycles. The van der Waals surface area contributed by atoms with Crippen molar-refractivity contribution in [1.29, 1.82) is 0 Å². The Morgan fingerprint density at radius 3 is 2.64 bits per heavy atom. The second-order valence-corrected chi connectivity index (χ2v) is 11.1. The van der Waals surface area contributed by atoms with Gasteiger partial charge in [0.2, 0.25) is 5.91 Å². The largest absolute Gasteiger partial charge is 0.350 e. The number of aromatic amines is 1. The van der Waals surface area contributed by atoms with Crippen LogP contribution in [0.3, 0.4) is 0 Å². The summed E-state index contributed by atoms with van der Waals surface area (Å²) < 4.78 is 0. The highest BCUT2D eigenvalue weighted by molar-refractivity contribution is 6.29. The number of anilines is 1. The summed E-state index contributed by atoms with van der Waals surface area (Å²) in [4.78, 5) is 37.2. The maximum atomic E-state index is 12.8. The first-order valence-corrected chi connectivity index (χ1v) is 13.4. The van der Waals surface area contributed by atoms with Crippen molar-refractivity contribution in [3.8, 4) is 0 Å². The predicted octanol–water partition coefficient (Wildman–Crippen LogP) is 4.52. The number of amides is 2. The third kappa shape index (κ3) is 4.74. The number of carbonyl (C=O) groups excluding carboxylic acids is 2. The molecule has 1 aromatic carbocycles. The van der Waals surface area contributed by atoms with E-state index in [-0.39, 0.29) is 17.7 Å². The second kappa shape index (κ2) is 9.52. The molecule has 8 heteroatoms. The Bertz CT molecular complexity index is 1280. The van der Waals surface area contributed by atoms with Gasteiger partial charge in [-0.3, -0.25) is 9.59 Å². The summed E-state index contributed by atoms with van der Waals surface area (Å²) in [6.07, 6.45) is 6.95. The number of carbonyl (C=O) groups is 2. The average molecular weight is 506 g/mol. The Hall–Kier alpha value is -2.90. The molecule has 2 aliphatic heterocycles. The molecule has 2 saturated heterocycles. The highest BCUT2D eigenvalue weighted by Crippen LogP contribution is 2.49. The average Bonchev–Trinajstić information content (AvgIpc) is 3.38. The topological polar surface area (TPSA) is 81.3 Å². The number of likely N-dealkylation sites (tertiary alicyclic amines) is 1. The SMILES string of the molecule is O=C(NCC1CC(=O)N(c2ccc(C3(CN4CCCCC4)CC3)cc2)C1)c1cc2nc(Cl)ccc2[nH]1. The van der Waals surface area contributed by atoms with E-state index in [1.165, 1.54) is 50.8 Å². The van der Waals surface area contributed by atoms with Gasteiger partial charge in [-0.05, 0) is 74.7 Å². The van der Waals surface area contributed by atoms with Crippen LogP contribution >= 0.6 is 11.6 Å². The second-order valence-electron chi connectivity index (χ2n) is 10.7. The minimum atomic E-state index is -0.206. The first-order chi connectivity index (χ1) is 17.5. The van der Waals surface area contributed by atoms with Crippen molar-refractivity contribution in [3.05, 3.63) is 58.9 Å². The minimum Gasteiger partial charge on any atom is -0.350 e. The van der Waals surface area contributed by atoms with Crippen LogP contribution in [0.1, 0.15) is 54.6 Å². The molecular weight excluding hydrogens is 474 g/mol. The Morgan fingerprint density at radius 1 is 1.11 bits per heavy atom. The van der Waals surface area contributed by atoms with Gasteiger partial charge in [0, 0.05) is 43.1 Å². The number of piperidine rings is 1. The fourth-order valence-corrected chi connectivity index (χ4v) is 5.99. The van der Waals surface area contributed by atoms with E-state index in [2.05, 4.69) is 44.5 Å². The molecule has 1 unspecified atom stereocenters. The van der Waals surface area contributed by atoms with Crippen LogP contribution in [0, 0.1) is 5.92 Å². The van der Waals surface area contributed by atoms with E-state index < -0.39 is 0 Å². The quantitative estimate of drug-likeness (QED) is 0.463. The Balaban J connectivity index is 1.05. The van der Waals surface area contributed by atoms with Crippen LogP contribution in [0.4, 0.5) is 5.69 Å². The molecule has 3 aliphatic rings. The van der Waals surface area contributed by atoms with E-state index in [9.17, 15) is 9.59 Å². The molecule has 0 spiro atoms. The third-order valence-corrected chi connectivity index (χ3v) is 8.27. The number of H-pyrrole nitrogens is 1. The highest BCUT2D eigenvalue weighted by Gasteiger charge is 2.45. The summed E-state index contributed by atoms with van der Waals surface area (Å²) in [5.41, 5.74) is 4.52. The van der Waals surface area contributed by atoms with Gasteiger partial charge >= 0.3 is 0 Å². The summed E-state index contributed by atoms with van der Waals surface area (Å²) in [6.45, 7) is 4.68. The molecule has 188 valence electrons. The zero-order chi connectivity index (χ0) is 24.7. The third-order valence-electron chi connectivity index (χ3n) is 8.06. The molecule has 2 amide bonds. The van der Waals surface area contributed by atoms with E-state index >= 15 is 0 Å². The van der Waals surface area contributed by atoms with Crippen molar-refractivity contribution >= 4 is 40.1 Å². The molecule has 3 aromatic rings. The number of nitrogens with one attached hydrogen (secondary N) is 2. The van der Waals surface area contributed by atoms with Crippen molar-refractivity contribution in [2.45, 2.75) is 43.9 Å². The lowest BCUT2D eigenvalue weighted by Gasteiger charge is -2.31. The van der Waals surface area contributed by atoms with Crippen LogP contribution in [0.5, 0.6) is 0 Å². The van der Waals surface area contributed by atoms with Crippen molar-refractivity contribution < 1.29 is 9.59 Å². The number of hydrogen-bond acceptors (Lipinski definition) is 4. The number of nitrogens with zero attached hydrogens (tertiary/aromatic N) is 3. The fourth-order valence-electron chi connectivity index (χ4n) is 5.84. The summed E-state index contributed by atoms with van der Waals surface area (Å²) in [7, 11) is 0. The summed E-state index contributed by atoms with van der Waals surface area (Å²) in [6, 6.07) is 13.9. The molecule has 4 heterocycles. The van der Waals surface area contributed by atoms with E-state index in [1.54, 1.807) is 18.2 Å². The van der Waals surface area contributed by atoms with Crippen molar-refractivity contribution in [1.82, 2.24) is 20.2 Å². The molecular formula is C28H32ClN5O2. The number of rotatable bonds is 7. The highest BCUT2D eigenvalue weighted by atomic mass is 35.5. The van der Waals surface area contributed by atoms with Crippen LogP contribution < -0.4 is 10.2 Å². The van der Waals surface area contributed by atoms with Gasteiger partial charge in [-0.1, -0.05) is 30.2 Å². The number of halogens is 1. The molecule has 1 aliphatic carbocycles. The zero-order valence-corrected chi connectivity index (χ0v) is 21.2. The van der Waals surface area contributed by atoms with Gasteiger partial charge in [-0.15, -0.1) is 0 Å². The van der Waals surface area contributed by atoms with Crippen LogP contribution in [0.15, 0.2) is 42.5 Å². The fraction of sp³-hybridized carbons (Fsp3) is 0.464. The lowest BCUT2D eigenvalue weighted by molar-refractivity contribution is -0.117. The molecule has 3 fully saturated rings. The van der Waals surface area contributed by atoms with E-state index in [1.807, 2.05) is 4.90 Å². The first kappa shape index (κ1) is 23.5. The number of aromatic nitrogens is 2. The van der Waals surface area contributed by atoms with Gasteiger partial charge in [-0.25, -0.2) is 4.98 Å². The number of fused-ring (bicyclic) bond motifs is 1. The van der Waals surface area contributed by atoms with E-state index in [0.717, 1.165) is 17.7 Å². The summed E-state index contributed by atoms with van der Waals surface area (Å²) in [5, 5.41) is 3.36. The molecule has 7 nitrogen and oxygen atoms in total. The summed E-state index contributed by atoms with van der Waals surface area (Å²) >= 11 is 5.94. The first-order valence-electron chi connectivity index (χ1n) is 13.1. The Labute approximate surface area is 216 Å². The van der Waals surface area contributed by atoms with E-state index in [0.29, 0.717) is 41.3 Å². The Kier molecular flexibility index (Phi) is 6.21. The zero-order valence-electron chi connectivity index (χ0n) is 20.4. The molecule has 2 N–H and O–H groups in total. The van der Waals surface area contributed by atoms with E-state index in [4.69, 9.17) is 11.6 Å². The molecule has 0 radical (unpaired) electrons. The standard InChI is InChI=1S/C28H32ClN5O2/c29-25-9-8-22-23(32-25)15-24(31-22)27(36)30-16-19-14-26(35)34(17-19)21-6-4-20(5-7-21)28(10-11-28)18-33-12-2-1-3-13-33/h4-9,15,19,31H,1-3,10-14,16-18H2,(H,30,36). The molecule has 6 rings (SSSR count). The van der Waals surface area contributed by atoms with Crippen molar-refractivity contribution in [2.75, 3.05) is 37.6 Å². The maximum absolute atomic E-state index is 12.8. The van der Waals surface area contributed by atoms with Crippen molar-refractivity contribution in [3.63, 3.8) is 0 Å². The van der Waals surface area contributed by atoms with Gasteiger partial charge in [0.15, 0.2) is 0 Å². The Morgan fingerprint density at radius 2 is 1.89 bits per heavy atom. The van der Waals surface area contributed by atoms with Gasteiger partial charge in [0.25, 0.3) is 5.91 Å². The smallest absolute Gasteiger partial charge is 0.267 e. The van der Waals surface area contributed by atoms with Crippen LogP contribution in [0.25, 0.3) is 11.0 Å². The van der Waals surface area contributed by atoms with Crippen LogP contribution in [0.2, 0.25) is 5.15 Å². The van der Waals surface area contributed by atoms with Crippen molar-refractivity contribution in [2.24, 2.45) is 5.92 Å². The minimum absolute atomic E-state index is 0.0759. The van der Waals surface area contributed by atoms with Crippen LogP contribution in [-0.4, -0.2) is 59.4 Å². The number of hydrogen-bond donors (Lipinski definition) is 2. The van der Waals surface area contributed by atoms with Gasteiger partial charge in [-0.2, -0.15) is 0 Å². The molecule has 1 saturated carbocycles. The lowest BCUT2D eigenvalue weighted by Crippen LogP contribution is -2.36.